The Labute approximate surface area is 110 Å². The summed E-state index contributed by atoms with van der Waals surface area (Å²) in [6.07, 6.45) is 5.79. The molecule has 1 aromatic heterocycles. The van der Waals surface area contributed by atoms with E-state index < -0.39 is 0 Å². The average molecular weight is 250 g/mol. The normalized spacial score (nSPS) is 19.8. The predicted molar refractivity (Wildman–Crippen MR) is 74.5 cm³/mol. The molecule has 4 nitrogen and oxygen atoms in total. The Hall–Kier alpha value is -0.870. The van der Waals surface area contributed by atoms with E-state index in [9.17, 15) is 0 Å². The lowest BCUT2D eigenvalue weighted by Gasteiger charge is -2.25. The van der Waals surface area contributed by atoms with Gasteiger partial charge in [0.25, 0.3) is 0 Å². The zero-order valence-corrected chi connectivity index (χ0v) is 11.7. The van der Waals surface area contributed by atoms with Gasteiger partial charge < -0.3 is 5.32 Å². The van der Waals surface area contributed by atoms with Crippen molar-refractivity contribution in [2.24, 2.45) is 0 Å². The molecule has 0 amide bonds. The van der Waals surface area contributed by atoms with Gasteiger partial charge in [0.1, 0.15) is 0 Å². The summed E-state index contributed by atoms with van der Waals surface area (Å²) in [6.45, 7) is 9.93. The van der Waals surface area contributed by atoms with E-state index in [4.69, 9.17) is 0 Å². The lowest BCUT2D eigenvalue weighted by molar-refractivity contribution is 0.235. The van der Waals surface area contributed by atoms with Gasteiger partial charge in [0, 0.05) is 31.9 Å². The van der Waals surface area contributed by atoms with Gasteiger partial charge in [0.15, 0.2) is 0 Å². The zero-order valence-electron chi connectivity index (χ0n) is 11.7. The van der Waals surface area contributed by atoms with Crippen molar-refractivity contribution in [3.05, 3.63) is 18.0 Å². The molecule has 102 valence electrons. The molecule has 1 fully saturated rings. The van der Waals surface area contributed by atoms with Crippen LogP contribution in [0.15, 0.2) is 12.3 Å². The summed E-state index contributed by atoms with van der Waals surface area (Å²) in [6, 6.07) is 2.84. The van der Waals surface area contributed by atoms with Crippen LogP contribution in [0.25, 0.3) is 0 Å². The SMILES string of the molecule is CCCN(Cc1ccnn1CC)CC1CCCN1. The third-order valence-corrected chi connectivity index (χ3v) is 3.67. The first kappa shape index (κ1) is 13.6. The Morgan fingerprint density at radius 2 is 2.39 bits per heavy atom. The number of hydrogen-bond acceptors (Lipinski definition) is 3. The van der Waals surface area contributed by atoms with E-state index >= 15 is 0 Å². The van der Waals surface area contributed by atoms with Gasteiger partial charge in [-0.15, -0.1) is 0 Å². The highest BCUT2D eigenvalue weighted by Crippen LogP contribution is 2.11. The van der Waals surface area contributed by atoms with E-state index in [-0.39, 0.29) is 0 Å². The Kier molecular flexibility index (Phi) is 5.20. The Bertz CT molecular complexity index is 341. The summed E-state index contributed by atoms with van der Waals surface area (Å²) >= 11 is 0. The van der Waals surface area contributed by atoms with Crippen molar-refractivity contribution < 1.29 is 0 Å². The molecule has 18 heavy (non-hydrogen) atoms. The largest absolute Gasteiger partial charge is 0.313 e. The second-order valence-electron chi connectivity index (χ2n) is 5.17. The summed E-state index contributed by atoms with van der Waals surface area (Å²) in [5, 5.41) is 7.94. The molecule has 1 aliphatic heterocycles. The lowest BCUT2D eigenvalue weighted by Crippen LogP contribution is -2.38. The third-order valence-electron chi connectivity index (χ3n) is 3.67. The molecule has 1 atom stereocenters. The molecule has 0 saturated carbocycles. The summed E-state index contributed by atoms with van der Waals surface area (Å²) in [5.74, 6) is 0. The van der Waals surface area contributed by atoms with Crippen LogP contribution in [0.3, 0.4) is 0 Å². The molecule has 1 aliphatic rings. The maximum atomic E-state index is 4.35. The second kappa shape index (κ2) is 6.90. The molecular weight excluding hydrogens is 224 g/mol. The molecule has 2 rings (SSSR count). The van der Waals surface area contributed by atoms with Gasteiger partial charge in [-0.3, -0.25) is 9.58 Å². The highest BCUT2D eigenvalue weighted by Gasteiger charge is 2.18. The molecule has 1 saturated heterocycles. The Balaban J connectivity index is 1.92. The second-order valence-corrected chi connectivity index (χ2v) is 5.17. The fourth-order valence-corrected chi connectivity index (χ4v) is 2.78. The van der Waals surface area contributed by atoms with Crippen molar-refractivity contribution in [2.45, 2.75) is 52.2 Å². The first-order valence-electron chi connectivity index (χ1n) is 7.30. The minimum Gasteiger partial charge on any atom is -0.313 e. The van der Waals surface area contributed by atoms with Crippen molar-refractivity contribution in [3.63, 3.8) is 0 Å². The van der Waals surface area contributed by atoms with E-state index in [1.807, 2.05) is 6.20 Å². The summed E-state index contributed by atoms with van der Waals surface area (Å²) in [7, 11) is 0. The van der Waals surface area contributed by atoms with Crippen LogP contribution in [-0.2, 0) is 13.1 Å². The molecule has 2 heterocycles. The van der Waals surface area contributed by atoms with Gasteiger partial charge in [-0.25, -0.2) is 0 Å². The van der Waals surface area contributed by atoms with Crippen LogP contribution in [0, 0.1) is 0 Å². The highest BCUT2D eigenvalue weighted by molar-refractivity contribution is 5.00. The predicted octanol–water partition coefficient (Wildman–Crippen LogP) is 1.87. The highest BCUT2D eigenvalue weighted by atomic mass is 15.3. The number of hydrogen-bond donors (Lipinski definition) is 1. The van der Waals surface area contributed by atoms with Gasteiger partial charge in [-0.05, 0) is 45.3 Å². The molecule has 1 aromatic rings. The van der Waals surface area contributed by atoms with E-state index in [1.54, 1.807) is 0 Å². The Morgan fingerprint density at radius 3 is 3.06 bits per heavy atom. The molecule has 1 unspecified atom stereocenters. The molecule has 4 heteroatoms. The van der Waals surface area contributed by atoms with E-state index in [1.165, 1.54) is 44.6 Å². The zero-order chi connectivity index (χ0) is 12.8. The van der Waals surface area contributed by atoms with Gasteiger partial charge in [0.05, 0.1) is 5.69 Å². The van der Waals surface area contributed by atoms with E-state index in [0.29, 0.717) is 6.04 Å². The first-order valence-corrected chi connectivity index (χ1v) is 7.30. The smallest absolute Gasteiger partial charge is 0.0524 e. The summed E-state index contributed by atoms with van der Waals surface area (Å²) < 4.78 is 2.10. The molecule has 0 bridgehead atoms. The standard InChI is InChI=1S/C14H26N4/c1-3-10-17(11-13-6-5-8-15-13)12-14-7-9-16-18(14)4-2/h7,9,13,15H,3-6,8,10-12H2,1-2H3. The number of aryl methyl sites for hydroxylation is 1. The maximum absolute atomic E-state index is 4.35. The molecule has 0 aliphatic carbocycles. The fraction of sp³-hybridized carbons (Fsp3) is 0.786. The van der Waals surface area contributed by atoms with Crippen molar-refractivity contribution in [1.29, 1.82) is 0 Å². The minimum absolute atomic E-state index is 0.689. The quantitative estimate of drug-likeness (QED) is 0.802. The fourth-order valence-electron chi connectivity index (χ4n) is 2.78. The van der Waals surface area contributed by atoms with Crippen molar-refractivity contribution in [1.82, 2.24) is 20.0 Å². The topological polar surface area (TPSA) is 33.1 Å². The molecule has 0 spiro atoms. The van der Waals surface area contributed by atoms with Crippen molar-refractivity contribution in [2.75, 3.05) is 19.6 Å². The Morgan fingerprint density at radius 1 is 1.50 bits per heavy atom. The van der Waals surface area contributed by atoms with Crippen LogP contribution in [0.4, 0.5) is 0 Å². The van der Waals surface area contributed by atoms with Crippen molar-refractivity contribution in [3.8, 4) is 0 Å². The first-order chi connectivity index (χ1) is 8.83. The molecule has 1 N–H and O–H groups in total. The van der Waals surface area contributed by atoms with Gasteiger partial charge >= 0.3 is 0 Å². The van der Waals surface area contributed by atoms with Crippen LogP contribution in [0.5, 0.6) is 0 Å². The number of nitrogens with one attached hydrogen (secondary N) is 1. The van der Waals surface area contributed by atoms with Crippen LogP contribution >= 0.6 is 0 Å². The van der Waals surface area contributed by atoms with Gasteiger partial charge in [-0.2, -0.15) is 5.10 Å². The average Bonchev–Trinajstić information content (AvgIpc) is 3.00. The summed E-state index contributed by atoms with van der Waals surface area (Å²) in [4.78, 5) is 2.56. The number of nitrogens with zero attached hydrogens (tertiary/aromatic N) is 3. The summed E-state index contributed by atoms with van der Waals surface area (Å²) in [5.41, 5.74) is 1.34. The van der Waals surface area contributed by atoms with Crippen LogP contribution in [0.1, 0.15) is 38.8 Å². The van der Waals surface area contributed by atoms with Gasteiger partial charge in [-0.1, -0.05) is 6.92 Å². The number of aromatic nitrogens is 2. The third kappa shape index (κ3) is 3.56. The van der Waals surface area contributed by atoms with Crippen LogP contribution < -0.4 is 5.32 Å². The van der Waals surface area contributed by atoms with Crippen LogP contribution in [0.2, 0.25) is 0 Å². The van der Waals surface area contributed by atoms with Crippen molar-refractivity contribution >= 4 is 0 Å². The number of rotatable bonds is 7. The van der Waals surface area contributed by atoms with E-state index in [2.05, 4.69) is 39.9 Å². The maximum Gasteiger partial charge on any atom is 0.0524 e. The molecule has 0 radical (unpaired) electrons. The van der Waals surface area contributed by atoms with Gasteiger partial charge in [0.2, 0.25) is 0 Å². The van der Waals surface area contributed by atoms with Crippen LogP contribution in [-0.4, -0.2) is 40.4 Å². The molecular formula is C14H26N4. The van der Waals surface area contributed by atoms with E-state index in [0.717, 1.165) is 13.1 Å². The molecule has 0 aromatic carbocycles. The monoisotopic (exact) mass is 250 g/mol. The lowest BCUT2D eigenvalue weighted by atomic mass is 10.2. The minimum atomic E-state index is 0.689.